The van der Waals surface area contributed by atoms with Crippen molar-refractivity contribution < 1.29 is 9.59 Å². The Kier molecular flexibility index (Phi) is 4.80. The lowest BCUT2D eigenvalue weighted by molar-refractivity contribution is -0.134. The van der Waals surface area contributed by atoms with Crippen LogP contribution in [-0.4, -0.2) is 11.6 Å². The lowest BCUT2D eigenvalue weighted by atomic mass is 9.43. The number of Topliss-reactive ketones (excluding diaryl/α,β-unsaturated/α-hetero) is 1. The van der Waals surface area contributed by atoms with Crippen LogP contribution >= 0.6 is 0 Å². The van der Waals surface area contributed by atoms with Gasteiger partial charge in [-0.1, -0.05) is 47.6 Å². The number of carbonyl (C=O) groups is 2. The van der Waals surface area contributed by atoms with E-state index in [0.29, 0.717) is 56.9 Å². The fourth-order valence-electron chi connectivity index (χ4n) is 10.3. The largest absolute Gasteiger partial charge is 0.300 e. The third-order valence-electron chi connectivity index (χ3n) is 11.9. The Hall–Kier alpha value is -0.920. The maximum Gasteiger partial charge on any atom is 0.158 e. The summed E-state index contributed by atoms with van der Waals surface area (Å²) in [4.78, 5) is 25.1. The summed E-state index contributed by atoms with van der Waals surface area (Å²) in [5, 5.41) is 0. The number of fused-ring (bicyclic) bond motifs is 2. The Labute approximate surface area is 190 Å². The highest BCUT2D eigenvalue weighted by molar-refractivity contribution is 5.93. The first-order valence-corrected chi connectivity index (χ1v) is 13.3. The van der Waals surface area contributed by atoms with Crippen LogP contribution in [0.2, 0.25) is 0 Å². The maximum atomic E-state index is 12.6. The van der Waals surface area contributed by atoms with Gasteiger partial charge >= 0.3 is 0 Å². The summed E-state index contributed by atoms with van der Waals surface area (Å²) in [7, 11) is 0. The van der Waals surface area contributed by atoms with E-state index in [0.717, 1.165) is 18.8 Å². The molecule has 4 saturated carbocycles. The third kappa shape index (κ3) is 2.69. The van der Waals surface area contributed by atoms with Gasteiger partial charge < -0.3 is 0 Å². The molecule has 0 bridgehead atoms. The molecule has 2 nitrogen and oxygen atoms in total. The van der Waals surface area contributed by atoms with Crippen LogP contribution in [0.4, 0.5) is 0 Å². The van der Waals surface area contributed by atoms with Gasteiger partial charge in [0.15, 0.2) is 5.78 Å². The second kappa shape index (κ2) is 6.80. The molecule has 0 aromatic heterocycles. The minimum Gasteiger partial charge on any atom is -0.300 e. The summed E-state index contributed by atoms with van der Waals surface area (Å²) in [5.41, 5.74) is 1.53. The minimum absolute atomic E-state index is 0.217. The zero-order valence-electron chi connectivity index (χ0n) is 20.8. The van der Waals surface area contributed by atoms with Gasteiger partial charge in [0.05, 0.1) is 0 Å². The molecule has 0 saturated heterocycles. The van der Waals surface area contributed by atoms with Crippen molar-refractivity contribution >= 4 is 11.6 Å². The van der Waals surface area contributed by atoms with Gasteiger partial charge in [0.1, 0.15) is 5.78 Å². The monoisotopic (exact) mass is 424 g/mol. The molecule has 0 aromatic rings. The van der Waals surface area contributed by atoms with Gasteiger partial charge in [-0.15, -0.1) is 0 Å². The molecular formula is C29H44O2. The molecule has 31 heavy (non-hydrogen) atoms. The van der Waals surface area contributed by atoms with Gasteiger partial charge in [-0.3, -0.25) is 9.59 Å². The Balaban J connectivity index is 1.41. The quantitative estimate of drug-likeness (QED) is 0.475. The van der Waals surface area contributed by atoms with Crippen molar-refractivity contribution in [2.45, 2.75) is 99.3 Å². The van der Waals surface area contributed by atoms with Crippen LogP contribution in [0.25, 0.3) is 0 Å². The highest BCUT2D eigenvalue weighted by Crippen LogP contribution is 2.87. The molecule has 2 spiro atoms. The van der Waals surface area contributed by atoms with E-state index < -0.39 is 0 Å². The summed E-state index contributed by atoms with van der Waals surface area (Å²) in [5.74, 6) is 4.09. The highest BCUT2D eigenvalue weighted by Gasteiger charge is 2.80. The van der Waals surface area contributed by atoms with Gasteiger partial charge in [0, 0.05) is 18.8 Å². The summed E-state index contributed by atoms with van der Waals surface area (Å²) in [6, 6.07) is 0. The molecule has 9 atom stereocenters. The standard InChI is InChI=1S/C29H44O2/c1-18(2)15-21(30)16-19(3)22-9-11-27(6)25-8-7-23-20(4)24(31)10-12-28(23)17-29(25,28)14-13-26(22,27)5/h10,12,18-20,22-23,25H,7-9,11,13-17H2,1-6H3. The maximum absolute atomic E-state index is 12.6. The van der Waals surface area contributed by atoms with Crippen LogP contribution in [-0.2, 0) is 9.59 Å². The molecule has 0 heterocycles. The molecule has 0 aromatic carbocycles. The van der Waals surface area contributed by atoms with E-state index in [1.165, 1.54) is 44.9 Å². The molecule has 0 radical (unpaired) electrons. The Bertz CT molecular complexity index is 825. The smallest absolute Gasteiger partial charge is 0.158 e. The Morgan fingerprint density at radius 2 is 1.77 bits per heavy atom. The molecule has 4 fully saturated rings. The molecule has 2 heteroatoms. The fraction of sp³-hybridized carbons (Fsp3) is 0.862. The van der Waals surface area contributed by atoms with Crippen LogP contribution in [0.3, 0.4) is 0 Å². The van der Waals surface area contributed by atoms with Crippen molar-refractivity contribution in [3.8, 4) is 0 Å². The average Bonchev–Trinajstić information content (AvgIpc) is 3.27. The number of hydrogen-bond acceptors (Lipinski definition) is 2. The van der Waals surface area contributed by atoms with Crippen LogP contribution in [0.15, 0.2) is 12.2 Å². The molecule has 9 unspecified atom stereocenters. The topological polar surface area (TPSA) is 34.1 Å². The van der Waals surface area contributed by atoms with Crippen molar-refractivity contribution in [2.75, 3.05) is 0 Å². The molecule has 0 amide bonds. The predicted octanol–water partition coefficient (Wildman–Crippen LogP) is 7.02. The van der Waals surface area contributed by atoms with Gasteiger partial charge in [-0.2, -0.15) is 0 Å². The molecule has 0 aliphatic heterocycles. The number of ketones is 2. The second-order valence-electron chi connectivity index (χ2n) is 13.4. The summed E-state index contributed by atoms with van der Waals surface area (Å²) in [6.45, 7) is 14.1. The first-order valence-electron chi connectivity index (χ1n) is 13.3. The number of hydrogen-bond donors (Lipinski definition) is 0. The first-order chi connectivity index (χ1) is 14.5. The van der Waals surface area contributed by atoms with Crippen LogP contribution < -0.4 is 0 Å². The molecule has 5 aliphatic carbocycles. The van der Waals surface area contributed by atoms with Gasteiger partial charge in [0.2, 0.25) is 0 Å². The zero-order chi connectivity index (χ0) is 22.4. The van der Waals surface area contributed by atoms with E-state index in [4.69, 9.17) is 0 Å². The summed E-state index contributed by atoms with van der Waals surface area (Å²) >= 11 is 0. The van der Waals surface area contributed by atoms with Crippen molar-refractivity contribution in [3.63, 3.8) is 0 Å². The third-order valence-corrected chi connectivity index (χ3v) is 11.9. The number of allylic oxidation sites excluding steroid dienone is 2. The molecule has 172 valence electrons. The highest BCUT2D eigenvalue weighted by atomic mass is 16.1. The zero-order valence-corrected chi connectivity index (χ0v) is 20.8. The SMILES string of the molecule is CC(C)CC(=O)CC(C)C1CCC2(C)C3CCC4C(C)C(=O)C=CC45CC35CCC12C. The van der Waals surface area contributed by atoms with Crippen molar-refractivity contribution in [2.24, 2.45) is 57.2 Å². The molecule has 0 N–H and O–H groups in total. The lowest BCUT2D eigenvalue weighted by Gasteiger charge is -2.61. The second-order valence-corrected chi connectivity index (χ2v) is 13.4. The van der Waals surface area contributed by atoms with Crippen LogP contribution in [0, 0.1) is 57.2 Å². The van der Waals surface area contributed by atoms with Crippen LogP contribution in [0.1, 0.15) is 99.3 Å². The van der Waals surface area contributed by atoms with Crippen molar-refractivity contribution in [1.82, 2.24) is 0 Å². The van der Waals surface area contributed by atoms with E-state index in [1.54, 1.807) is 0 Å². The van der Waals surface area contributed by atoms with E-state index in [9.17, 15) is 9.59 Å². The Morgan fingerprint density at radius 1 is 1.03 bits per heavy atom. The summed E-state index contributed by atoms with van der Waals surface area (Å²) in [6.07, 6.45) is 15.0. The Morgan fingerprint density at radius 3 is 2.48 bits per heavy atom. The van der Waals surface area contributed by atoms with Crippen molar-refractivity contribution in [1.29, 1.82) is 0 Å². The molecule has 5 rings (SSSR count). The minimum atomic E-state index is 0.217. The average molecular weight is 425 g/mol. The van der Waals surface area contributed by atoms with Crippen molar-refractivity contribution in [3.05, 3.63) is 12.2 Å². The predicted molar refractivity (Wildman–Crippen MR) is 125 cm³/mol. The molecular weight excluding hydrogens is 380 g/mol. The first kappa shape index (κ1) is 21.9. The normalized spacial score (nSPS) is 51.0. The summed E-state index contributed by atoms with van der Waals surface area (Å²) < 4.78 is 0. The number of rotatable bonds is 5. The number of carbonyl (C=O) groups excluding carboxylic acids is 2. The lowest BCUT2D eigenvalue weighted by Crippen LogP contribution is -2.55. The van der Waals surface area contributed by atoms with E-state index in [2.05, 4.69) is 47.6 Å². The van der Waals surface area contributed by atoms with Gasteiger partial charge in [0.25, 0.3) is 0 Å². The van der Waals surface area contributed by atoms with E-state index in [1.807, 2.05) is 6.08 Å². The van der Waals surface area contributed by atoms with Gasteiger partial charge in [-0.05, 0) is 102 Å². The fourth-order valence-corrected chi connectivity index (χ4v) is 10.3. The van der Waals surface area contributed by atoms with E-state index in [-0.39, 0.29) is 5.92 Å². The van der Waals surface area contributed by atoms with E-state index >= 15 is 0 Å². The van der Waals surface area contributed by atoms with Gasteiger partial charge in [-0.25, -0.2) is 0 Å². The van der Waals surface area contributed by atoms with Crippen LogP contribution in [0.5, 0.6) is 0 Å². The molecule has 5 aliphatic rings.